The van der Waals surface area contributed by atoms with Gasteiger partial charge in [-0.05, 0) is 30.7 Å². The summed E-state index contributed by atoms with van der Waals surface area (Å²) in [6.45, 7) is 5.27. The third-order valence-corrected chi connectivity index (χ3v) is 4.54. The van der Waals surface area contributed by atoms with Gasteiger partial charge in [0.05, 0.1) is 0 Å². The smallest absolute Gasteiger partial charge is 0.243 e. The number of rotatable bonds is 7. The molecule has 6 nitrogen and oxygen atoms in total. The van der Waals surface area contributed by atoms with Gasteiger partial charge >= 0.3 is 0 Å². The first-order valence-electron chi connectivity index (χ1n) is 8.89. The van der Waals surface area contributed by atoms with Crippen molar-refractivity contribution in [3.63, 3.8) is 0 Å². The molecule has 0 aromatic heterocycles. The molecule has 4 N–H and O–H groups in total. The maximum Gasteiger partial charge on any atom is 0.243 e. The monoisotopic (exact) mass is 344 g/mol. The zero-order valence-electron chi connectivity index (χ0n) is 15.0. The molecule has 0 radical (unpaired) electrons. The molecule has 1 heterocycles. The topological polar surface area (TPSA) is 99.3 Å². The van der Waals surface area contributed by atoms with Gasteiger partial charge in [-0.25, -0.2) is 0 Å². The van der Waals surface area contributed by atoms with Crippen LogP contribution in [0.25, 0.3) is 0 Å². The van der Waals surface area contributed by atoms with Gasteiger partial charge in [0.25, 0.3) is 0 Å². The molecule has 2 rings (SSSR count). The van der Waals surface area contributed by atoms with Crippen LogP contribution in [0.15, 0.2) is 24.3 Å². The van der Waals surface area contributed by atoms with Crippen LogP contribution in [0.4, 0.5) is 0 Å². The van der Waals surface area contributed by atoms with Crippen LogP contribution in [0.5, 0.6) is 0 Å². The number of hydrogen-bond acceptors (Lipinski definition) is 3. The number of carbonyl (C=O) groups excluding carboxylic acids is 2. The van der Waals surface area contributed by atoms with Crippen LogP contribution in [-0.2, 0) is 16.1 Å². The molecular formula is C19H28N4O2. The zero-order chi connectivity index (χ0) is 18.4. The molecule has 1 aromatic rings. The highest BCUT2D eigenvalue weighted by Crippen LogP contribution is 2.20. The number of amides is 2. The van der Waals surface area contributed by atoms with Crippen molar-refractivity contribution in [1.29, 1.82) is 5.41 Å². The summed E-state index contributed by atoms with van der Waals surface area (Å²) in [5.74, 6) is 0.497. The van der Waals surface area contributed by atoms with Gasteiger partial charge in [0.1, 0.15) is 11.9 Å². The minimum atomic E-state index is -0.351. The van der Waals surface area contributed by atoms with Crippen molar-refractivity contribution in [3.8, 4) is 0 Å². The van der Waals surface area contributed by atoms with Crippen molar-refractivity contribution in [3.05, 3.63) is 35.4 Å². The van der Waals surface area contributed by atoms with Crippen LogP contribution >= 0.6 is 0 Å². The van der Waals surface area contributed by atoms with E-state index in [0.717, 1.165) is 24.8 Å². The molecule has 1 aliphatic rings. The fourth-order valence-corrected chi connectivity index (χ4v) is 3.00. The van der Waals surface area contributed by atoms with E-state index in [4.69, 9.17) is 11.1 Å². The number of nitrogens with zero attached hydrogens (tertiary/aromatic N) is 1. The van der Waals surface area contributed by atoms with E-state index in [1.54, 1.807) is 17.0 Å². The molecule has 1 aliphatic heterocycles. The van der Waals surface area contributed by atoms with E-state index < -0.39 is 0 Å². The number of amidine groups is 1. The molecule has 0 spiro atoms. The lowest BCUT2D eigenvalue weighted by molar-refractivity contribution is -0.138. The van der Waals surface area contributed by atoms with Gasteiger partial charge < -0.3 is 16.0 Å². The first kappa shape index (κ1) is 19.0. The molecule has 0 saturated carbocycles. The van der Waals surface area contributed by atoms with Gasteiger partial charge in [-0.1, -0.05) is 38.1 Å². The molecule has 0 aliphatic carbocycles. The molecule has 25 heavy (non-hydrogen) atoms. The number of carbonyl (C=O) groups is 2. The first-order valence-corrected chi connectivity index (χ1v) is 8.89. The Labute approximate surface area is 149 Å². The Balaban J connectivity index is 1.88. The maximum absolute atomic E-state index is 12.5. The average molecular weight is 344 g/mol. The predicted molar refractivity (Wildman–Crippen MR) is 98.1 cm³/mol. The normalized spacial score (nSPS) is 16.9. The van der Waals surface area contributed by atoms with Crippen molar-refractivity contribution < 1.29 is 9.59 Å². The van der Waals surface area contributed by atoms with E-state index in [0.29, 0.717) is 31.0 Å². The summed E-state index contributed by atoms with van der Waals surface area (Å²) in [6, 6.07) is 6.87. The number of likely N-dealkylation sites (tertiary alicyclic amines) is 1. The summed E-state index contributed by atoms with van der Waals surface area (Å²) in [5.41, 5.74) is 7.03. The largest absolute Gasteiger partial charge is 0.384 e. The second kappa shape index (κ2) is 8.65. The van der Waals surface area contributed by atoms with Crippen LogP contribution < -0.4 is 11.1 Å². The zero-order valence-corrected chi connectivity index (χ0v) is 15.0. The standard InChI is InChI=1S/C19H28N4O2/c1-13(2)5-10-17(24)23-11-3-4-16(23)19(25)22-12-14-6-8-15(9-7-14)18(20)21/h6-9,13,16H,3-5,10-12H2,1-2H3,(H3,20,21)(H,22,25). The second-order valence-corrected chi connectivity index (χ2v) is 7.01. The third-order valence-electron chi connectivity index (χ3n) is 4.54. The Morgan fingerprint density at radius 3 is 2.60 bits per heavy atom. The minimum Gasteiger partial charge on any atom is -0.384 e. The van der Waals surface area contributed by atoms with E-state index >= 15 is 0 Å². The molecule has 1 unspecified atom stereocenters. The fraction of sp³-hybridized carbons (Fsp3) is 0.526. The Bertz CT molecular complexity index is 625. The van der Waals surface area contributed by atoms with Gasteiger partial charge in [-0.3, -0.25) is 15.0 Å². The SMILES string of the molecule is CC(C)CCC(=O)N1CCCC1C(=O)NCc1ccc(C(=N)N)cc1. The summed E-state index contributed by atoms with van der Waals surface area (Å²) in [5, 5.41) is 10.3. The van der Waals surface area contributed by atoms with E-state index in [1.807, 2.05) is 12.1 Å². The lowest BCUT2D eigenvalue weighted by atomic mass is 10.1. The van der Waals surface area contributed by atoms with E-state index in [1.165, 1.54) is 0 Å². The summed E-state index contributed by atoms with van der Waals surface area (Å²) >= 11 is 0. The fourth-order valence-electron chi connectivity index (χ4n) is 3.00. The maximum atomic E-state index is 12.5. The van der Waals surface area contributed by atoms with Crippen LogP contribution in [-0.4, -0.2) is 35.1 Å². The van der Waals surface area contributed by atoms with Gasteiger partial charge in [0, 0.05) is 25.1 Å². The van der Waals surface area contributed by atoms with Gasteiger partial charge in [0.2, 0.25) is 11.8 Å². The Morgan fingerprint density at radius 2 is 2.00 bits per heavy atom. The summed E-state index contributed by atoms with van der Waals surface area (Å²) in [6.07, 6.45) is 2.96. The summed E-state index contributed by atoms with van der Waals surface area (Å²) in [4.78, 5) is 26.6. The lowest BCUT2D eigenvalue weighted by Crippen LogP contribution is -2.45. The third kappa shape index (κ3) is 5.31. The van der Waals surface area contributed by atoms with Crippen molar-refractivity contribution >= 4 is 17.6 Å². The molecule has 2 amide bonds. The Morgan fingerprint density at radius 1 is 1.32 bits per heavy atom. The molecule has 1 aromatic carbocycles. The molecule has 1 fully saturated rings. The minimum absolute atomic E-state index is 0.0251. The number of benzene rings is 1. The van der Waals surface area contributed by atoms with Crippen LogP contribution in [0, 0.1) is 11.3 Å². The van der Waals surface area contributed by atoms with Crippen LogP contribution in [0.1, 0.15) is 50.7 Å². The van der Waals surface area contributed by atoms with Gasteiger partial charge in [-0.15, -0.1) is 0 Å². The van der Waals surface area contributed by atoms with Crippen LogP contribution in [0.3, 0.4) is 0 Å². The summed E-state index contributed by atoms with van der Waals surface area (Å²) in [7, 11) is 0. The van der Waals surface area contributed by atoms with E-state index in [-0.39, 0.29) is 23.7 Å². The van der Waals surface area contributed by atoms with E-state index in [9.17, 15) is 9.59 Å². The van der Waals surface area contributed by atoms with Gasteiger partial charge in [0.15, 0.2) is 0 Å². The Kier molecular flexibility index (Phi) is 6.56. The highest BCUT2D eigenvalue weighted by molar-refractivity contribution is 5.94. The van der Waals surface area contributed by atoms with Crippen molar-refractivity contribution in [2.75, 3.05) is 6.54 Å². The van der Waals surface area contributed by atoms with Crippen molar-refractivity contribution in [1.82, 2.24) is 10.2 Å². The highest BCUT2D eigenvalue weighted by atomic mass is 16.2. The quantitative estimate of drug-likeness (QED) is 0.521. The van der Waals surface area contributed by atoms with Crippen LogP contribution in [0.2, 0.25) is 0 Å². The molecule has 136 valence electrons. The second-order valence-electron chi connectivity index (χ2n) is 7.01. The molecule has 6 heteroatoms. The molecule has 1 saturated heterocycles. The molecular weight excluding hydrogens is 316 g/mol. The molecule has 0 bridgehead atoms. The average Bonchev–Trinajstić information content (AvgIpc) is 3.07. The number of nitrogen functional groups attached to an aromatic ring is 1. The van der Waals surface area contributed by atoms with Crippen molar-refractivity contribution in [2.45, 2.75) is 52.1 Å². The Hall–Kier alpha value is -2.37. The van der Waals surface area contributed by atoms with E-state index in [2.05, 4.69) is 19.2 Å². The lowest BCUT2D eigenvalue weighted by Gasteiger charge is -2.24. The van der Waals surface area contributed by atoms with Gasteiger partial charge in [-0.2, -0.15) is 0 Å². The number of hydrogen-bond donors (Lipinski definition) is 3. The first-order chi connectivity index (χ1) is 11.9. The predicted octanol–water partition coefficient (Wildman–Crippen LogP) is 2.01. The summed E-state index contributed by atoms with van der Waals surface area (Å²) < 4.78 is 0. The van der Waals surface area contributed by atoms with Crippen molar-refractivity contribution in [2.24, 2.45) is 11.7 Å². The number of nitrogens with two attached hydrogens (primary N) is 1. The highest BCUT2D eigenvalue weighted by Gasteiger charge is 2.33. The molecule has 1 atom stereocenters. The number of nitrogens with one attached hydrogen (secondary N) is 2.